The number of Topliss-reactive ketones (excluding diaryl/α,β-unsaturated/α-hetero) is 1. The number of hydrogen-bond donors (Lipinski definition) is 1. The van der Waals surface area contributed by atoms with E-state index in [0.717, 1.165) is 12.1 Å². The van der Waals surface area contributed by atoms with Crippen LogP contribution < -0.4 is 0 Å². The van der Waals surface area contributed by atoms with Gasteiger partial charge >= 0.3 is 23.3 Å². The first-order chi connectivity index (χ1) is 18.8. The number of aliphatic hydroxyl groups excluding tert-OH is 1. The number of hydrogen-bond acceptors (Lipinski definition) is 10. The number of ketones is 1. The summed E-state index contributed by atoms with van der Waals surface area (Å²) in [4.78, 5) is 54.3. The summed E-state index contributed by atoms with van der Waals surface area (Å²) in [6.45, 7) is 5.84. The van der Waals surface area contributed by atoms with Gasteiger partial charge in [0.15, 0.2) is 0 Å². The first-order valence-corrected chi connectivity index (χ1v) is 11.8. The summed E-state index contributed by atoms with van der Waals surface area (Å²) in [5.74, 6) is -5.55. The largest absolute Gasteiger partial charge is 0.512 e. The molecule has 0 spiro atoms. The molecular formula is C26H28F2N2O10. The van der Waals surface area contributed by atoms with Crippen molar-refractivity contribution in [3.63, 3.8) is 0 Å². The zero-order valence-corrected chi connectivity index (χ0v) is 22.1. The lowest BCUT2D eigenvalue weighted by molar-refractivity contribution is -0.387. The van der Waals surface area contributed by atoms with Crippen molar-refractivity contribution in [1.82, 2.24) is 0 Å². The van der Waals surface area contributed by atoms with Crippen LogP contribution >= 0.6 is 0 Å². The molecule has 0 aromatic heterocycles. The molecule has 1 unspecified atom stereocenters. The van der Waals surface area contributed by atoms with Gasteiger partial charge in [0.05, 0.1) is 34.4 Å². The molecule has 0 saturated heterocycles. The van der Waals surface area contributed by atoms with E-state index in [4.69, 9.17) is 9.47 Å². The van der Waals surface area contributed by atoms with Crippen LogP contribution in [0.25, 0.3) is 0 Å². The van der Waals surface area contributed by atoms with Gasteiger partial charge in [0.1, 0.15) is 11.7 Å². The Bertz CT molecular complexity index is 1310. The third-order valence-electron chi connectivity index (χ3n) is 5.32. The van der Waals surface area contributed by atoms with Crippen molar-refractivity contribution in [3.05, 3.63) is 90.7 Å². The number of esters is 2. The van der Waals surface area contributed by atoms with E-state index in [1.54, 1.807) is 13.8 Å². The Morgan fingerprint density at radius 3 is 1.77 bits per heavy atom. The molecule has 40 heavy (non-hydrogen) atoms. The topological polar surface area (TPSA) is 176 Å². The van der Waals surface area contributed by atoms with Gasteiger partial charge in [-0.25, -0.2) is 4.79 Å². The zero-order chi connectivity index (χ0) is 30.6. The number of allylic oxidation sites excluding steroid dienone is 1. The summed E-state index contributed by atoms with van der Waals surface area (Å²) < 4.78 is 37.3. The molecule has 216 valence electrons. The second-order valence-electron chi connectivity index (χ2n) is 8.10. The van der Waals surface area contributed by atoms with E-state index in [1.165, 1.54) is 38.1 Å². The Morgan fingerprint density at radius 1 is 0.875 bits per heavy atom. The van der Waals surface area contributed by atoms with Crippen LogP contribution in [0.1, 0.15) is 38.8 Å². The molecule has 14 heteroatoms. The van der Waals surface area contributed by atoms with Gasteiger partial charge in [-0.05, 0) is 45.2 Å². The Hall–Kier alpha value is -4.75. The van der Waals surface area contributed by atoms with E-state index in [0.29, 0.717) is 0 Å². The quantitative estimate of drug-likeness (QED) is 0.1000. The lowest BCUT2D eigenvalue weighted by atomic mass is 9.95. The summed E-state index contributed by atoms with van der Waals surface area (Å²) in [6, 6.07) is 7.28. The summed E-state index contributed by atoms with van der Waals surface area (Å²) in [6.07, 6.45) is -0.545. The van der Waals surface area contributed by atoms with Gasteiger partial charge in [0, 0.05) is 18.6 Å². The summed E-state index contributed by atoms with van der Waals surface area (Å²) >= 11 is 0. The van der Waals surface area contributed by atoms with Crippen LogP contribution in [0, 0.1) is 37.8 Å². The zero-order valence-electron chi connectivity index (χ0n) is 22.1. The smallest absolute Gasteiger partial charge is 0.337 e. The highest BCUT2D eigenvalue weighted by molar-refractivity contribution is 5.98. The lowest BCUT2D eigenvalue weighted by Gasteiger charge is -2.13. The number of nitro groups is 2. The number of nitrogens with zero attached hydrogens (tertiary/aromatic N) is 2. The van der Waals surface area contributed by atoms with E-state index in [2.05, 4.69) is 0 Å². The maximum Gasteiger partial charge on any atom is 0.337 e. The van der Waals surface area contributed by atoms with Crippen molar-refractivity contribution >= 4 is 29.1 Å². The number of nitro benzene ring substituents is 2. The fraction of sp³-hybridized carbons (Fsp3) is 0.346. The van der Waals surface area contributed by atoms with E-state index in [-0.39, 0.29) is 48.5 Å². The second-order valence-corrected chi connectivity index (χ2v) is 8.10. The summed E-state index contributed by atoms with van der Waals surface area (Å²) in [7, 11) is 0. The molecule has 0 bridgehead atoms. The van der Waals surface area contributed by atoms with Crippen LogP contribution in [0.5, 0.6) is 0 Å². The van der Waals surface area contributed by atoms with Gasteiger partial charge in [-0.2, -0.15) is 8.78 Å². The maximum atomic E-state index is 13.9. The molecule has 0 amide bonds. The number of benzene rings is 2. The molecule has 2 aromatic carbocycles. The van der Waals surface area contributed by atoms with Gasteiger partial charge in [0.25, 0.3) is 0 Å². The molecule has 1 N–H and O–H groups in total. The van der Waals surface area contributed by atoms with Crippen LogP contribution in [-0.2, 0) is 36.7 Å². The highest BCUT2D eigenvalue weighted by atomic mass is 19.1. The Labute approximate surface area is 227 Å². The fourth-order valence-electron chi connectivity index (χ4n) is 3.32. The monoisotopic (exact) mass is 566 g/mol. The molecule has 0 saturated carbocycles. The number of halogens is 2. The number of carbonyl (C=O) groups excluding carboxylic acids is 3. The summed E-state index contributed by atoms with van der Waals surface area (Å²) in [5.41, 5.74) is -1.62. The SMILES string of the molecule is CCOC(=O)/C(Cc1cccc([N+](=O)[O-])c1F)=C(/C)O.CCOC(=O)C(Cc1cccc([N+](=O)[O-])c1F)C(C)=O. The predicted molar refractivity (Wildman–Crippen MR) is 136 cm³/mol. The van der Waals surface area contributed by atoms with Crippen molar-refractivity contribution in [1.29, 1.82) is 0 Å². The molecule has 12 nitrogen and oxygen atoms in total. The van der Waals surface area contributed by atoms with Crippen LogP contribution in [-0.4, -0.2) is 45.9 Å². The maximum absolute atomic E-state index is 13.9. The van der Waals surface area contributed by atoms with Crippen LogP contribution in [0.3, 0.4) is 0 Å². The third-order valence-corrected chi connectivity index (χ3v) is 5.32. The molecule has 0 radical (unpaired) electrons. The van der Waals surface area contributed by atoms with E-state index in [1.807, 2.05) is 0 Å². The minimum atomic E-state index is -1.16. The predicted octanol–water partition coefficient (Wildman–Crippen LogP) is 4.72. The second kappa shape index (κ2) is 15.6. The van der Waals surface area contributed by atoms with E-state index >= 15 is 0 Å². The van der Waals surface area contributed by atoms with Crippen molar-refractivity contribution in [3.8, 4) is 0 Å². The fourth-order valence-corrected chi connectivity index (χ4v) is 3.32. The lowest BCUT2D eigenvalue weighted by Crippen LogP contribution is -2.26. The molecule has 0 fully saturated rings. The first-order valence-electron chi connectivity index (χ1n) is 11.8. The Balaban J connectivity index is 0.000000400. The molecule has 0 aliphatic rings. The van der Waals surface area contributed by atoms with Crippen LogP contribution in [0.4, 0.5) is 20.2 Å². The Morgan fingerprint density at radius 2 is 1.35 bits per heavy atom. The van der Waals surface area contributed by atoms with Crippen molar-refractivity contribution in [2.24, 2.45) is 5.92 Å². The normalized spacial score (nSPS) is 11.8. The molecular weight excluding hydrogens is 538 g/mol. The minimum absolute atomic E-state index is 0.0596. The molecule has 2 aromatic rings. The molecule has 0 heterocycles. The Kier molecular flexibility index (Phi) is 13.0. The van der Waals surface area contributed by atoms with E-state index < -0.39 is 56.5 Å². The van der Waals surface area contributed by atoms with Gasteiger partial charge in [-0.15, -0.1) is 0 Å². The van der Waals surface area contributed by atoms with E-state index in [9.17, 15) is 48.5 Å². The third kappa shape index (κ3) is 9.22. The van der Waals surface area contributed by atoms with Crippen molar-refractivity contribution in [2.75, 3.05) is 13.2 Å². The first kappa shape index (κ1) is 33.3. The molecule has 1 atom stereocenters. The highest BCUT2D eigenvalue weighted by Gasteiger charge is 2.28. The number of rotatable bonds is 11. The van der Waals surface area contributed by atoms with Crippen LogP contribution in [0.15, 0.2) is 47.7 Å². The number of ether oxygens (including phenoxy) is 2. The number of carbonyl (C=O) groups is 3. The van der Waals surface area contributed by atoms with Crippen LogP contribution in [0.2, 0.25) is 0 Å². The molecule has 0 aliphatic carbocycles. The van der Waals surface area contributed by atoms with Gasteiger partial charge in [0.2, 0.25) is 11.6 Å². The highest BCUT2D eigenvalue weighted by Crippen LogP contribution is 2.24. The minimum Gasteiger partial charge on any atom is -0.512 e. The average molecular weight is 567 g/mol. The average Bonchev–Trinajstić information content (AvgIpc) is 2.87. The standard InChI is InChI=1S/2C13H14FNO5/c2*1-3-20-13(17)10(8(2)16)7-9-5-4-6-11(12(9)14)15(18)19/h4-6,16H,3,7H2,1-2H3;4-6,10H,3,7H2,1-2H3/b10-8-;. The van der Waals surface area contributed by atoms with Crippen molar-refractivity contribution < 1.29 is 47.6 Å². The van der Waals surface area contributed by atoms with Gasteiger partial charge < -0.3 is 14.6 Å². The number of aliphatic hydroxyl groups is 1. The van der Waals surface area contributed by atoms with Gasteiger partial charge in [-0.3, -0.25) is 29.8 Å². The molecule has 2 rings (SSSR count). The summed E-state index contributed by atoms with van der Waals surface area (Å²) in [5, 5.41) is 30.7. The van der Waals surface area contributed by atoms with Crippen molar-refractivity contribution in [2.45, 2.75) is 40.5 Å². The molecule has 0 aliphatic heterocycles. The van der Waals surface area contributed by atoms with Gasteiger partial charge in [-0.1, -0.05) is 24.3 Å².